The summed E-state index contributed by atoms with van der Waals surface area (Å²) in [6, 6.07) is 1.68. The lowest BCUT2D eigenvalue weighted by atomic mass is 10.1. The Morgan fingerprint density at radius 1 is 1.43 bits per heavy atom. The van der Waals surface area contributed by atoms with Gasteiger partial charge in [0.05, 0.1) is 6.07 Å². The first kappa shape index (κ1) is 11.5. The molecule has 4 nitrogen and oxygen atoms in total. The number of nitriles is 1. The van der Waals surface area contributed by atoms with Crippen molar-refractivity contribution in [2.24, 2.45) is 5.92 Å². The van der Waals surface area contributed by atoms with Crippen LogP contribution in [0.5, 0.6) is 0 Å². The van der Waals surface area contributed by atoms with Gasteiger partial charge >= 0.3 is 0 Å². The lowest BCUT2D eigenvalue weighted by molar-refractivity contribution is 0.388. The fourth-order valence-electron chi connectivity index (χ4n) is 1.86. The summed E-state index contributed by atoms with van der Waals surface area (Å²) in [6.07, 6.45) is 4.65. The van der Waals surface area contributed by atoms with Crippen molar-refractivity contribution >= 4 is 10.0 Å². The van der Waals surface area contributed by atoms with Crippen LogP contribution in [-0.4, -0.2) is 32.1 Å². The van der Waals surface area contributed by atoms with Crippen LogP contribution >= 0.6 is 0 Å². The van der Waals surface area contributed by atoms with Crippen molar-refractivity contribution in [3.05, 3.63) is 0 Å². The van der Waals surface area contributed by atoms with Gasteiger partial charge in [-0.05, 0) is 18.8 Å². The van der Waals surface area contributed by atoms with Crippen LogP contribution in [0.4, 0.5) is 0 Å². The molecular weight excluding hydrogens is 200 g/mol. The standard InChI is InChI=1S/C9H16N2O2S/c1-11(14(12,13)7-6-10)8-9-4-2-3-5-9/h9H,2-5,7-8H2,1H3. The molecule has 0 heterocycles. The summed E-state index contributed by atoms with van der Waals surface area (Å²) in [5.74, 6) is 0.0874. The Morgan fingerprint density at radius 2 is 2.00 bits per heavy atom. The first-order valence-electron chi connectivity index (χ1n) is 4.87. The molecule has 0 spiro atoms. The fourth-order valence-corrected chi connectivity index (χ4v) is 2.68. The molecule has 1 aliphatic carbocycles. The van der Waals surface area contributed by atoms with Crippen LogP contribution in [0.2, 0.25) is 0 Å². The Balaban J connectivity index is 2.48. The van der Waals surface area contributed by atoms with Crippen LogP contribution in [0.3, 0.4) is 0 Å². The lowest BCUT2D eigenvalue weighted by Gasteiger charge is -2.19. The first-order chi connectivity index (χ1) is 6.56. The Labute approximate surface area is 85.6 Å². The van der Waals surface area contributed by atoms with Gasteiger partial charge in [0, 0.05) is 13.6 Å². The smallest absolute Gasteiger partial charge is 0.211 e. The highest BCUT2D eigenvalue weighted by Crippen LogP contribution is 2.25. The lowest BCUT2D eigenvalue weighted by Crippen LogP contribution is -2.32. The molecule has 5 heteroatoms. The molecule has 1 saturated carbocycles. The quantitative estimate of drug-likeness (QED) is 0.703. The van der Waals surface area contributed by atoms with Gasteiger partial charge in [0.25, 0.3) is 0 Å². The summed E-state index contributed by atoms with van der Waals surface area (Å²) < 4.78 is 24.2. The van der Waals surface area contributed by atoms with Crippen LogP contribution in [0.25, 0.3) is 0 Å². The van der Waals surface area contributed by atoms with E-state index in [9.17, 15) is 8.42 Å². The molecule has 80 valence electrons. The van der Waals surface area contributed by atoms with Gasteiger partial charge in [0.2, 0.25) is 10.0 Å². The molecule has 0 aliphatic heterocycles. The Morgan fingerprint density at radius 3 is 2.50 bits per heavy atom. The summed E-state index contributed by atoms with van der Waals surface area (Å²) in [7, 11) is -1.77. The van der Waals surface area contributed by atoms with Crippen LogP contribution in [0, 0.1) is 17.2 Å². The average molecular weight is 216 g/mol. The van der Waals surface area contributed by atoms with Crippen LogP contribution in [0.1, 0.15) is 25.7 Å². The molecule has 1 fully saturated rings. The molecule has 0 saturated heterocycles. The minimum Gasteiger partial charge on any atom is -0.211 e. The van der Waals surface area contributed by atoms with E-state index in [2.05, 4.69) is 0 Å². The van der Waals surface area contributed by atoms with E-state index < -0.39 is 15.8 Å². The van der Waals surface area contributed by atoms with Crippen molar-refractivity contribution < 1.29 is 8.42 Å². The zero-order valence-electron chi connectivity index (χ0n) is 8.44. The van der Waals surface area contributed by atoms with Crippen molar-refractivity contribution in [1.29, 1.82) is 5.26 Å². The number of sulfonamides is 1. The molecule has 0 bridgehead atoms. The highest BCUT2D eigenvalue weighted by molar-refractivity contribution is 7.89. The fraction of sp³-hybridized carbons (Fsp3) is 0.889. The van der Waals surface area contributed by atoms with E-state index in [1.165, 1.54) is 17.1 Å². The molecule has 0 aromatic carbocycles. The summed E-state index contributed by atoms with van der Waals surface area (Å²) in [6.45, 7) is 0.573. The Kier molecular flexibility index (Phi) is 3.90. The number of hydrogen-bond acceptors (Lipinski definition) is 3. The topological polar surface area (TPSA) is 61.2 Å². The second-order valence-corrected chi connectivity index (χ2v) is 5.92. The van der Waals surface area contributed by atoms with Gasteiger partial charge in [0.15, 0.2) is 5.75 Å². The SMILES string of the molecule is CN(CC1CCCC1)S(=O)(=O)CC#N. The summed E-state index contributed by atoms with van der Waals surface area (Å²) in [4.78, 5) is 0. The van der Waals surface area contributed by atoms with Crippen LogP contribution < -0.4 is 0 Å². The van der Waals surface area contributed by atoms with Crippen molar-refractivity contribution in [3.63, 3.8) is 0 Å². The second-order valence-electron chi connectivity index (χ2n) is 3.85. The van der Waals surface area contributed by atoms with Crippen molar-refractivity contribution in [2.45, 2.75) is 25.7 Å². The first-order valence-corrected chi connectivity index (χ1v) is 6.48. The second kappa shape index (κ2) is 4.76. The molecule has 0 atom stereocenters. The van der Waals surface area contributed by atoms with Crippen LogP contribution in [-0.2, 0) is 10.0 Å². The van der Waals surface area contributed by atoms with Crippen LogP contribution in [0.15, 0.2) is 0 Å². The summed E-state index contributed by atoms with van der Waals surface area (Å²) in [5, 5.41) is 8.36. The van der Waals surface area contributed by atoms with Gasteiger partial charge in [0.1, 0.15) is 0 Å². The zero-order valence-corrected chi connectivity index (χ0v) is 9.26. The predicted molar refractivity (Wildman–Crippen MR) is 54.0 cm³/mol. The maximum Gasteiger partial charge on any atom is 0.227 e. The van der Waals surface area contributed by atoms with E-state index in [4.69, 9.17) is 5.26 Å². The molecule has 0 aromatic heterocycles. The van der Waals surface area contributed by atoms with E-state index in [1.54, 1.807) is 13.1 Å². The third-order valence-corrected chi connectivity index (χ3v) is 4.30. The molecule has 0 amide bonds. The molecule has 0 radical (unpaired) electrons. The Bertz CT molecular complexity index is 312. The zero-order chi connectivity index (χ0) is 10.6. The molecular formula is C9H16N2O2S. The molecule has 14 heavy (non-hydrogen) atoms. The predicted octanol–water partition coefficient (Wildman–Crippen LogP) is 0.962. The largest absolute Gasteiger partial charge is 0.227 e. The minimum absolute atomic E-state index is 0.407. The van der Waals surface area contributed by atoms with E-state index in [0.717, 1.165) is 12.8 Å². The molecule has 0 N–H and O–H groups in total. The van der Waals surface area contributed by atoms with Gasteiger partial charge in [-0.2, -0.15) is 5.26 Å². The van der Waals surface area contributed by atoms with Gasteiger partial charge in [-0.3, -0.25) is 0 Å². The summed E-state index contributed by atoms with van der Waals surface area (Å²) in [5.41, 5.74) is 0. The van der Waals surface area contributed by atoms with Gasteiger partial charge in [-0.1, -0.05) is 12.8 Å². The third-order valence-electron chi connectivity index (χ3n) is 2.71. The van der Waals surface area contributed by atoms with E-state index in [1.807, 2.05) is 0 Å². The van der Waals surface area contributed by atoms with E-state index in [0.29, 0.717) is 12.5 Å². The molecule has 0 unspecified atom stereocenters. The Hall–Kier alpha value is -0.600. The molecule has 1 rings (SSSR count). The minimum atomic E-state index is -3.33. The highest BCUT2D eigenvalue weighted by Gasteiger charge is 2.23. The maximum atomic E-state index is 11.4. The number of rotatable bonds is 4. The van der Waals surface area contributed by atoms with Crippen molar-refractivity contribution in [3.8, 4) is 6.07 Å². The summed E-state index contributed by atoms with van der Waals surface area (Å²) >= 11 is 0. The van der Waals surface area contributed by atoms with Gasteiger partial charge in [-0.25, -0.2) is 12.7 Å². The maximum absolute atomic E-state index is 11.4. The average Bonchev–Trinajstić information content (AvgIpc) is 2.56. The molecule has 1 aliphatic rings. The van der Waals surface area contributed by atoms with Crippen molar-refractivity contribution in [2.75, 3.05) is 19.3 Å². The van der Waals surface area contributed by atoms with E-state index >= 15 is 0 Å². The highest BCUT2D eigenvalue weighted by atomic mass is 32.2. The monoisotopic (exact) mass is 216 g/mol. The van der Waals surface area contributed by atoms with E-state index in [-0.39, 0.29) is 0 Å². The van der Waals surface area contributed by atoms with Crippen molar-refractivity contribution in [1.82, 2.24) is 4.31 Å². The number of hydrogen-bond donors (Lipinski definition) is 0. The third kappa shape index (κ3) is 2.96. The number of nitrogens with zero attached hydrogens (tertiary/aromatic N) is 2. The normalized spacial score (nSPS) is 18.6. The van der Waals surface area contributed by atoms with Gasteiger partial charge < -0.3 is 0 Å². The molecule has 0 aromatic rings. The van der Waals surface area contributed by atoms with Gasteiger partial charge in [-0.15, -0.1) is 0 Å².